The Morgan fingerprint density at radius 3 is 2.15 bits per heavy atom. The number of sulfonamides is 1. The van der Waals surface area contributed by atoms with Crippen molar-refractivity contribution in [2.24, 2.45) is 0 Å². The number of anilines is 1. The zero-order chi connectivity index (χ0) is 27.8. The number of rotatable bonds is 10. The van der Waals surface area contributed by atoms with E-state index in [1.807, 2.05) is 6.07 Å². The SMILES string of the molecule is COC(=O)[C@@H](Cc1ccc(O)cc1)NC(=O)c1ccc(S(=O)(=O)Nc2ccccc2Oc2ccccc2)cc1. The summed E-state index contributed by atoms with van der Waals surface area (Å²) in [4.78, 5) is 25.1. The summed E-state index contributed by atoms with van der Waals surface area (Å²) < 4.78 is 39.3. The number of ether oxygens (including phenoxy) is 2. The number of hydrogen-bond acceptors (Lipinski definition) is 7. The topological polar surface area (TPSA) is 131 Å². The van der Waals surface area contributed by atoms with E-state index >= 15 is 0 Å². The zero-order valence-electron chi connectivity index (χ0n) is 20.9. The summed E-state index contributed by atoms with van der Waals surface area (Å²) in [6, 6.07) is 26.1. The first-order valence-corrected chi connectivity index (χ1v) is 13.3. The van der Waals surface area contributed by atoms with Gasteiger partial charge in [-0.25, -0.2) is 13.2 Å². The van der Waals surface area contributed by atoms with Gasteiger partial charge in [0.1, 0.15) is 17.5 Å². The number of phenols is 1. The second-order valence-corrected chi connectivity index (χ2v) is 10.1. The highest BCUT2D eigenvalue weighted by atomic mass is 32.2. The van der Waals surface area contributed by atoms with E-state index in [1.54, 1.807) is 60.7 Å². The Kier molecular flexibility index (Phi) is 8.47. The lowest BCUT2D eigenvalue weighted by Crippen LogP contribution is -2.43. The van der Waals surface area contributed by atoms with Crippen LogP contribution in [0.15, 0.2) is 108 Å². The normalized spacial score (nSPS) is 11.7. The maximum absolute atomic E-state index is 13.1. The zero-order valence-corrected chi connectivity index (χ0v) is 21.7. The third-order valence-electron chi connectivity index (χ3n) is 5.70. The molecule has 10 heteroatoms. The number of para-hydroxylation sites is 3. The summed E-state index contributed by atoms with van der Waals surface area (Å²) in [6.07, 6.45) is 0.138. The number of amides is 1. The van der Waals surface area contributed by atoms with E-state index in [9.17, 15) is 23.1 Å². The molecule has 4 aromatic carbocycles. The molecule has 0 saturated carbocycles. The Balaban J connectivity index is 1.46. The Bertz CT molecular complexity index is 1540. The van der Waals surface area contributed by atoms with Gasteiger partial charge in [0.05, 0.1) is 17.7 Å². The molecular weight excluding hydrogens is 520 g/mol. The van der Waals surface area contributed by atoms with Gasteiger partial charge in [0.2, 0.25) is 0 Å². The maximum Gasteiger partial charge on any atom is 0.328 e. The van der Waals surface area contributed by atoms with Crippen LogP contribution in [0.3, 0.4) is 0 Å². The number of aromatic hydroxyl groups is 1. The molecule has 200 valence electrons. The molecule has 0 spiro atoms. The number of carbonyl (C=O) groups is 2. The van der Waals surface area contributed by atoms with Crippen molar-refractivity contribution in [3.05, 3.63) is 114 Å². The van der Waals surface area contributed by atoms with Gasteiger partial charge >= 0.3 is 5.97 Å². The van der Waals surface area contributed by atoms with Crippen molar-refractivity contribution in [3.8, 4) is 17.2 Å². The second-order valence-electron chi connectivity index (χ2n) is 8.46. The lowest BCUT2D eigenvalue weighted by Gasteiger charge is -2.17. The maximum atomic E-state index is 13.1. The highest BCUT2D eigenvalue weighted by Crippen LogP contribution is 2.31. The fourth-order valence-corrected chi connectivity index (χ4v) is 4.76. The number of benzene rings is 4. The fraction of sp³-hybridized carbons (Fsp3) is 0.103. The molecule has 0 heterocycles. The molecule has 0 bridgehead atoms. The predicted molar refractivity (Wildman–Crippen MR) is 145 cm³/mol. The molecule has 4 aromatic rings. The summed E-state index contributed by atoms with van der Waals surface area (Å²) >= 11 is 0. The van der Waals surface area contributed by atoms with Crippen molar-refractivity contribution >= 4 is 27.6 Å². The van der Waals surface area contributed by atoms with Crippen LogP contribution in [0.1, 0.15) is 15.9 Å². The molecule has 1 amide bonds. The second kappa shape index (κ2) is 12.1. The molecule has 9 nitrogen and oxygen atoms in total. The van der Waals surface area contributed by atoms with Crippen LogP contribution in [0.2, 0.25) is 0 Å². The van der Waals surface area contributed by atoms with Crippen molar-refractivity contribution in [3.63, 3.8) is 0 Å². The predicted octanol–water partition coefficient (Wildman–Crippen LogP) is 4.50. The molecule has 0 aliphatic rings. The molecule has 0 saturated heterocycles. The van der Waals surface area contributed by atoms with E-state index in [-0.39, 0.29) is 28.3 Å². The minimum Gasteiger partial charge on any atom is -0.508 e. The van der Waals surface area contributed by atoms with Crippen molar-refractivity contribution in [2.45, 2.75) is 17.4 Å². The van der Waals surface area contributed by atoms with Crippen LogP contribution in [0.4, 0.5) is 5.69 Å². The largest absolute Gasteiger partial charge is 0.508 e. The van der Waals surface area contributed by atoms with Gasteiger partial charge in [0.25, 0.3) is 15.9 Å². The molecule has 0 unspecified atom stereocenters. The summed E-state index contributed by atoms with van der Waals surface area (Å²) in [5, 5.41) is 12.1. The van der Waals surface area contributed by atoms with Gasteiger partial charge in [0.15, 0.2) is 5.75 Å². The van der Waals surface area contributed by atoms with Gasteiger partial charge < -0.3 is 19.9 Å². The summed E-state index contributed by atoms with van der Waals surface area (Å²) in [7, 11) is -2.80. The quantitative estimate of drug-likeness (QED) is 0.250. The van der Waals surface area contributed by atoms with Gasteiger partial charge in [-0.2, -0.15) is 0 Å². The summed E-state index contributed by atoms with van der Waals surface area (Å²) in [6.45, 7) is 0. The average Bonchev–Trinajstić information content (AvgIpc) is 2.95. The van der Waals surface area contributed by atoms with Crippen LogP contribution < -0.4 is 14.8 Å². The molecule has 3 N–H and O–H groups in total. The molecule has 0 fully saturated rings. The monoisotopic (exact) mass is 546 g/mol. The fourth-order valence-electron chi connectivity index (χ4n) is 3.69. The minimum atomic E-state index is -4.01. The van der Waals surface area contributed by atoms with Crippen molar-refractivity contribution in [1.29, 1.82) is 0 Å². The minimum absolute atomic E-state index is 0.0674. The van der Waals surface area contributed by atoms with Crippen LogP contribution in [0, 0.1) is 0 Å². The van der Waals surface area contributed by atoms with E-state index in [0.717, 1.165) is 0 Å². The van der Waals surface area contributed by atoms with E-state index in [0.29, 0.717) is 17.1 Å². The van der Waals surface area contributed by atoms with Gasteiger partial charge in [0, 0.05) is 12.0 Å². The lowest BCUT2D eigenvalue weighted by atomic mass is 10.1. The molecule has 1 atom stereocenters. The molecule has 4 rings (SSSR count). The van der Waals surface area contributed by atoms with E-state index < -0.39 is 27.9 Å². The molecule has 0 aromatic heterocycles. The summed E-state index contributed by atoms with van der Waals surface area (Å²) in [5.74, 6) is -0.269. The molecular formula is C29H26N2O7S. The third kappa shape index (κ3) is 7.14. The average molecular weight is 547 g/mol. The third-order valence-corrected chi connectivity index (χ3v) is 7.08. The van der Waals surface area contributed by atoms with Crippen molar-refractivity contribution < 1.29 is 32.6 Å². The van der Waals surface area contributed by atoms with E-state index in [4.69, 9.17) is 9.47 Å². The molecule has 0 radical (unpaired) electrons. The standard InChI is InChI=1S/C29H26N2O7S/c1-37-29(34)26(19-20-11-15-22(32)16-12-20)30-28(33)21-13-17-24(18-14-21)39(35,36)31-25-9-5-6-10-27(25)38-23-7-3-2-4-8-23/h2-18,26,31-32H,19H2,1H3,(H,30,33)/t26-/m1/s1. The molecule has 0 aliphatic carbocycles. The van der Waals surface area contributed by atoms with Crippen molar-refractivity contribution in [1.82, 2.24) is 5.32 Å². The van der Waals surface area contributed by atoms with Gasteiger partial charge in [-0.3, -0.25) is 9.52 Å². The van der Waals surface area contributed by atoms with Crippen LogP contribution >= 0.6 is 0 Å². The first-order chi connectivity index (χ1) is 18.7. The highest BCUT2D eigenvalue weighted by Gasteiger charge is 2.23. The van der Waals surface area contributed by atoms with Crippen LogP contribution in [0.5, 0.6) is 17.2 Å². The lowest BCUT2D eigenvalue weighted by molar-refractivity contribution is -0.142. The van der Waals surface area contributed by atoms with Crippen LogP contribution in [-0.4, -0.2) is 38.6 Å². The number of hydrogen-bond donors (Lipinski definition) is 3. The van der Waals surface area contributed by atoms with Crippen LogP contribution in [0.25, 0.3) is 0 Å². The highest BCUT2D eigenvalue weighted by molar-refractivity contribution is 7.92. The summed E-state index contributed by atoms with van der Waals surface area (Å²) in [5.41, 5.74) is 1.10. The Morgan fingerprint density at radius 1 is 0.846 bits per heavy atom. The van der Waals surface area contributed by atoms with Crippen molar-refractivity contribution in [2.75, 3.05) is 11.8 Å². The molecule has 39 heavy (non-hydrogen) atoms. The smallest absolute Gasteiger partial charge is 0.328 e. The Morgan fingerprint density at radius 2 is 1.49 bits per heavy atom. The Hall–Kier alpha value is -4.83. The first kappa shape index (κ1) is 27.2. The number of esters is 1. The van der Waals surface area contributed by atoms with Gasteiger partial charge in [-0.1, -0.05) is 42.5 Å². The first-order valence-electron chi connectivity index (χ1n) is 11.9. The molecule has 0 aliphatic heterocycles. The Labute approximate surface area is 226 Å². The number of carbonyl (C=O) groups excluding carboxylic acids is 2. The van der Waals surface area contributed by atoms with E-state index in [1.165, 1.54) is 43.5 Å². The van der Waals surface area contributed by atoms with Crippen LogP contribution in [-0.2, 0) is 26.0 Å². The number of methoxy groups -OCH3 is 1. The number of nitrogens with one attached hydrogen (secondary N) is 2. The van der Waals surface area contributed by atoms with Gasteiger partial charge in [-0.15, -0.1) is 0 Å². The number of phenolic OH excluding ortho intramolecular Hbond substituents is 1. The van der Waals surface area contributed by atoms with E-state index in [2.05, 4.69) is 10.0 Å². The van der Waals surface area contributed by atoms with Gasteiger partial charge in [-0.05, 0) is 66.2 Å².